The van der Waals surface area contributed by atoms with Crippen molar-refractivity contribution in [1.29, 1.82) is 0 Å². The first-order chi connectivity index (χ1) is 11.3. The van der Waals surface area contributed by atoms with Gasteiger partial charge in [-0.1, -0.05) is 30.3 Å². The van der Waals surface area contributed by atoms with Gasteiger partial charge in [0.05, 0.1) is 0 Å². The minimum absolute atomic E-state index is 0.122. The second-order valence-electron chi connectivity index (χ2n) is 5.67. The molecule has 0 aliphatic carbocycles. The van der Waals surface area contributed by atoms with Crippen LogP contribution >= 0.6 is 0 Å². The highest BCUT2D eigenvalue weighted by Gasteiger charge is 2.38. The lowest BCUT2D eigenvalue weighted by atomic mass is 10.1. The van der Waals surface area contributed by atoms with Crippen LogP contribution in [0.2, 0.25) is 0 Å². The van der Waals surface area contributed by atoms with Gasteiger partial charge in [0.25, 0.3) is 5.82 Å². The molecule has 0 aliphatic heterocycles. The molecule has 0 fully saturated rings. The van der Waals surface area contributed by atoms with Crippen molar-refractivity contribution < 1.29 is 13.2 Å². The molecule has 0 amide bonds. The van der Waals surface area contributed by atoms with Crippen molar-refractivity contribution in [3.05, 3.63) is 52.8 Å². The molecule has 0 unspecified atom stereocenters. The summed E-state index contributed by atoms with van der Waals surface area (Å²) in [6, 6.07) is 9.66. The molecular formula is C16H16F3N5. The van der Waals surface area contributed by atoms with Crippen molar-refractivity contribution in [3.63, 3.8) is 0 Å². The van der Waals surface area contributed by atoms with Gasteiger partial charge in [-0.25, -0.2) is 0 Å². The standard InChI is InChI=1S/C16H16F3N5/c1-10-11(2)14(23(3)9-12-7-5-4-6-8-12)22-24-13(10)20-21-15(24)16(17,18)19/h4-8H,9H2,1-3H3. The van der Waals surface area contributed by atoms with Gasteiger partial charge in [-0.05, 0) is 19.4 Å². The van der Waals surface area contributed by atoms with Crippen LogP contribution in [-0.4, -0.2) is 26.9 Å². The number of rotatable bonds is 3. The third-order valence-corrected chi connectivity index (χ3v) is 3.95. The van der Waals surface area contributed by atoms with Gasteiger partial charge in [0.1, 0.15) is 0 Å². The molecule has 8 heteroatoms. The number of alkyl halides is 3. The van der Waals surface area contributed by atoms with Crippen LogP contribution in [0.25, 0.3) is 5.65 Å². The number of hydrogen-bond donors (Lipinski definition) is 0. The number of halogens is 3. The minimum atomic E-state index is -4.61. The molecule has 3 aromatic rings. The van der Waals surface area contributed by atoms with Crippen LogP contribution in [0, 0.1) is 13.8 Å². The summed E-state index contributed by atoms with van der Waals surface area (Å²) in [6.45, 7) is 4.07. The zero-order valence-electron chi connectivity index (χ0n) is 13.5. The number of anilines is 1. The SMILES string of the molecule is Cc1c(N(C)Cc2ccccc2)nn2c(C(F)(F)F)nnc2c1C. The molecule has 0 spiro atoms. The maximum atomic E-state index is 13.1. The molecule has 2 aromatic heterocycles. The lowest BCUT2D eigenvalue weighted by Crippen LogP contribution is -2.22. The fourth-order valence-electron chi connectivity index (χ4n) is 2.59. The molecule has 0 atom stereocenters. The van der Waals surface area contributed by atoms with Crippen LogP contribution in [0.3, 0.4) is 0 Å². The van der Waals surface area contributed by atoms with E-state index in [0.717, 1.165) is 15.6 Å². The molecule has 0 saturated heterocycles. The second-order valence-corrected chi connectivity index (χ2v) is 5.67. The van der Waals surface area contributed by atoms with Crippen molar-refractivity contribution in [3.8, 4) is 0 Å². The molecule has 3 rings (SSSR count). The molecule has 5 nitrogen and oxygen atoms in total. The fourth-order valence-corrected chi connectivity index (χ4v) is 2.59. The van der Waals surface area contributed by atoms with Crippen LogP contribution in [-0.2, 0) is 12.7 Å². The Kier molecular flexibility index (Phi) is 3.90. The summed E-state index contributed by atoms with van der Waals surface area (Å²) in [6.07, 6.45) is -4.61. The van der Waals surface area contributed by atoms with Gasteiger partial charge in [-0.15, -0.1) is 15.3 Å². The lowest BCUT2D eigenvalue weighted by Gasteiger charge is -2.21. The van der Waals surface area contributed by atoms with Crippen LogP contribution < -0.4 is 4.90 Å². The van der Waals surface area contributed by atoms with E-state index in [4.69, 9.17) is 0 Å². The third kappa shape index (κ3) is 2.79. The summed E-state index contributed by atoms with van der Waals surface area (Å²) >= 11 is 0. The Morgan fingerprint density at radius 1 is 1.04 bits per heavy atom. The Balaban J connectivity index is 2.09. The van der Waals surface area contributed by atoms with Crippen molar-refractivity contribution >= 4 is 11.5 Å². The summed E-state index contributed by atoms with van der Waals surface area (Å²) in [5.41, 5.74) is 2.57. The zero-order chi connectivity index (χ0) is 17.5. The van der Waals surface area contributed by atoms with E-state index in [-0.39, 0.29) is 5.65 Å². The van der Waals surface area contributed by atoms with Gasteiger partial charge in [-0.3, -0.25) is 0 Å². The van der Waals surface area contributed by atoms with Gasteiger partial charge in [0, 0.05) is 24.7 Å². The van der Waals surface area contributed by atoms with Gasteiger partial charge in [-0.2, -0.15) is 17.7 Å². The Morgan fingerprint density at radius 3 is 2.33 bits per heavy atom. The molecular weight excluding hydrogens is 319 g/mol. The average Bonchev–Trinajstić information content (AvgIpc) is 2.96. The van der Waals surface area contributed by atoms with E-state index in [1.54, 1.807) is 14.0 Å². The summed E-state index contributed by atoms with van der Waals surface area (Å²) in [4.78, 5) is 1.82. The van der Waals surface area contributed by atoms with E-state index >= 15 is 0 Å². The molecule has 24 heavy (non-hydrogen) atoms. The van der Waals surface area contributed by atoms with E-state index in [2.05, 4.69) is 15.3 Å². The first kappa shape index (κ1) is 16.2. The fraction of sp³-hybridized carbons (Fsp3) is 0.312. The highest BCUT2D eigenvalue weighted by Crippen LogP contribution is 2.30. The minimum Gasteiger partial charge on any atom is -0.354 e. The highest BCUT2D eigenvalue weighted by molar-refractivity contribution is 5.59. The van der Waals surface area contributed by atoms with Gasteiger partial charge in [0.15, 0.2) is 11.5 Å². The first-order valence-corrected chi connectivity index (χ1v) is 7.34. The molecule has 0 N–H and O–H groups in total. The van der Waals surface area contributed by atoms with E-state index in [1.807, 2.05) is 42.2 Å². The highest BCUT2D eigenvalue weighted by atomic mass is 19.4. The smallest absolute Gasteiger partial charge is 0.354 e. The van der Waals surface area contributed by atoms with E-state index in [1.165, 1.54) is 0 Å². The average molecular weight is 335 g/mol. The second kappa shape index (κ2) is 5.77. The summed E-state index contributed by atoms with van der Waals surface area (Å²) in [5, 5.41) is 11.1. The number of aryl methyl sites for hydroxylation is 1. The monoisotopic (exact) mass is 335 g/mol. The van der Waals surface area contributed by atoms with Crippen molar-refractivity contribution in [2.75, 3.05) is 11.9 Å². The van der Waals surface area contributed by atoms with Crippen LogP contribution in [0.15, 0.2) is 30.3 Å². The van der Waals surface area contributed by atoms with Crippen LogP contribution in [0.4, 0.5) is 19.0 Å². The number of aromatic nitrogens is 4. The number of fused-ring (bicyclic) bond motifs is 1. The third-order valence-electron chi connectivity index (χ3n) is 3.95. The van der Waals surface area contributed by atoms with E-state index in [9.17, 15) is 13.2 Å². The summed E-state index contributed by atoms with van der Waals surface area (Å²) in [7, 11) is 1.80. The number of benzene rings is 1. The molecule has 1 aromatic carbocycles. The van der Waals surface area contributed by atoms with E-state index < -0.39 is 12.0 Å². The molecule has 2 heterocycles. The Hall–Kier alpha value is -2.64. The predicted molar refractivity (Wildman–Crippen MR) is 83.8 cm³/mol. The quantitative estimate of drug-likeness (QED) is 0.736. The van der Waals surface area contributed by atoms with Gasteiger partial charge < -0.3 is 4.90 Å². The normalized spacial score (nSPS) is 11.9. The zero-order valence-corrected chi connectivity index (χ0v) is 13.5. The maximum absolute atomic E-state index is 13.1. The first-order valence-electron chi connectivity index (χ1n) is 7.34. The molecule has 0 radical (unpaired) electrons. The Morgan fingerprint density at radius 2 is 1.71 bits per heavy atom. The molecule has 126 valence electrons. The topological polar surface area (TPSA) is 46.3 Å². The predicted octanol–water partition coefficient (Wildman–Crippen LogP) is 3.40. The summed E-state index contributed by atoms with van der Waals surface area (Å²) < 4.78 is 40.0. The van der Waals surface area contributed by atoms with Crippen LogP contribution in [0.1, 0.15) is 22.5 Å². The molecule has 0 saturated carbocycles. The Labute approximate surface area is 136 Å². The number of nitrogens with zero attached hydrogens (tertiary/aromatic N) is 5. The van der Waals surface area contributed by atoms with Crippen molar-refractivity contribution in [2.45, 2.75) is 26.6 Å². The van der Waals surface area contributed by atoms with Gasteiger partial charge >= 0.3 is 6.18 Å². The lowest BCUT2D eigenvalue weighted by molar-refractivity contribution is -0.146. The Bertz CT molecular complexity index is 871. The molecule has 0 aliphatic rings. The van der Waals surface area contributed by atoms with E-state index in [0.29, 0.717) is 17.9 Å². The molecule has 0 bridgehead atoms. The van der Waals surface area contributed by atoms with Crippen LogP contribution in [0.5, 0.6) is 0 Å². The maximum Gasteiger partial charge on any atom is 0.453 e. The van der Waals surface area contributed by atoms with Gasteiger partial charge in [0.2, 0.25) is 0 Å². The van der Waals surface area contributed by atoms with Crippen molar-refractivity contribution in [2.24, 2.45) is 0 Å². The number of hydrogen-bond acceptors (Lipinski definition) is 4. The summed E-state index contributed by atoms with van der Waals surface area (Å²) in [5.74, 6) is -0.649. The van der Waals surface area contributed by atoms with Crippen molar-refractivity contribution in [1.82, 2.24) is 19.8 Å². The largest absolute Gasteiger partial charge is 0.453 e.